The standard InChI is InChI=1S/C16H29N5S.HI/c1-13(2)15-12-20(8-9-22-15)16(17-4)18-6-5-7-21-11-14(3)10-19-21;/h10-11,13,15H,5-9,12H2,1-4H3,(H,17,18);1H. The van der Waals surface area contributed by atoms with Crippen LogP contribution in [0.2, 0.25) is 0 Å². The lowest BCUT2D eigenvalue weighted by Crippen LogP contribution is -2.49. The van der Waals surface area contributed by atoms with E-state index in [4.69, 9.17) is 0 Å². The Bertz CT molecular complexity index is 489. The molecule has 2 rings (SSSR count). The topological polar surface area (TPSA) is 45.5 Å². The van der Waals surface area contributed by atoms with E-state index >= 15 is 0 Å². The highest BCUT2D eigenvalue weighted by molar-refractivity contribution is 14.0. The Morgan fingerprint density at radius 1 is 1.52 bits per heavy atom. The molecule has 1 aliphatic heterocycles. The van der Waals surface area contributed by atoms with E-state index in [1.165, 1.54) is 11.3 Å². The molecule has 7 heteroatoms. The zero-order valence-electron chi connectivity index (χ0n) is 14.7. The van der Waals surface area contributed by atoms with Gasteiger partial charge in [0.25, 0.3) is 0 Å². The van der Waals surface area contributed by atoms with Crippen LogP contribution in [0.3, 0.4) is 0 Å². The summed E-state index contributed by atoms with van der Waals surface area (Å²) in [5.41, 5.74) is 1.22. The zero-order chi connectivity index (χ0) is 15.9. The normalized spacial score (nSPS) is 18.9. The van der Waals surface area contributed by atoms with Crippen LogP contribution >= 0.6 is 35.7 Å². The molecule has 0 spiro atoms. The minimum atomic E-state index is 0. The number of guanidine groups is 1. The van der Waals surface area contributed by atoms with Crippen molar-refractivity contribution in [2.24, 2.45) is 10.9 Å². The third-order valence-corrected chi connectivity index (χ3v) is 5.50. The van der Waals surface area contributed by atoms with E-state index in [9.17, 15) is 0 Å². The van der Waals surface area contributed by atoms with Gasteiger partial charge < -0.3 is 10.2 Å². The summed E-state index contributed by atoms with van der Waals surface area (Å²) in [6.45, 7) is 10.8. The van der Waals surface area contributed by atoms with Crippen LogP contribution in [0.25, 0.3) is 0 Å². The number of halogens is 1. The van der Waals surface area contributed by atoms with E-state index < -0.39 is 0 Å². The molecular formula is C16H30IN5S. The second kappa shape index (κ2) is 10.4. The predicted molar refractivity (Wildman–Crippen MR) is 111 cm³/mol. The molecule has 0 aliphatic carbocycles. The Labute approximate surface area is 161 Å². The second-order valence-electron chi connectivity index (χ2n) is 6.21. The van der Waals surface area contributed by atoms with E-state index in [1.54, 1.807) is 0 Å². The molecule has 23 heavy (non-hydrogen) atoms. The highest BCUT2D eigenvalue weighted by Crippen LogP contribution is 2.24. The number of aliphatic imine (C=N–C) groups is 1. The predicted octanol–water partition coefficient (Wildman–Crippen LogP) is 2.85. The maximum atomic E-state index is 4.45. The van der Waals surface area contributed by atoms with Gasteiger partial charge >= 0.3 is 0 Å². The molecule has 2 heterocycles. The lowest BCUT2D eigenvalue weighted by Gasteiger charge is -2.36. The monoisotopic (exact) mass is 451 g/mol. The lowest BCUT2D eigenvalue weighted by molar-refractivity contribution is 0.380. The van der Waals surface area contributed by atoms with Gasteiger partial charge in [-0.1, -0.05) is 13.8 Å². The van der Waals surface area contributed by atoms with Crippen molar-refractivity contribution < 1.29 is 0 Å². The summed E-state index contributed by atoms with van der Waals surface area (Å²) in [4.78, 5) is 6.86. The first-order chi connectivity index (χ1) is 10.6. The average molecular weight is 451 g/mol. The summed E-state index contributed by atoms with van der Waals surface area (Å²) in [6, 6.07) is 0. The van der Waals surface area contributed by atoms with E-state index in [2.05, 4.69) is 59.0 Å². The van der Waals surface area contributed by atoms with E-state index in [0.717, 1.165) is 38.6 Å². The summed E-state index contributed by atoms with van der Waals surface area (Å²) >= 11 is 2.09. The van der Waals surface area contributed by atoms with Gasteiger partial charge in [0, 0.05) is 50.4 Å². The Morgan fingerprint density at radius 2 is 2.30 bits per heavy atom. The Balaban J connectivity index is 0.00000264. The summed E-state index contributed by atoms with van der Waals surface area (Å²) in [5.74, 6) is 2.95. The van der Waals surface area contributed by atoms with Crippen LogP contribution in [0, 0.1) is 12.8 Å². The van der Waals surface area contributed by atoms with Crippen molar-refractivity contribution in [2.45, 2.75) is 39.0 Å². The number of hydrogen-bond donors (Lipinski definition) is 1. The van der Waals surface area contributed by atoms with E-state index in [0.29, 0.717) is 11.2 Å². The number of hydrogen-bond acceptors (Lipinski definition) is 3. The molecule has 0 aromatic carbocycles. The van der Waals surface area contributed by atoms with Crippen molar-refractivity contribution >= 4 is 41.7 Å². The van der Waals surface area contributed by atoms with Crippen molar-refractivity contribution in [3.05, 3.63) is 18.0 Å². The van der Waals surface area contributed by atoms with Crippen LogP contribution in [-0.4, -0.2) is 58.3 Å². The van der Waals surface area contributed by atoms with Gasteiger partial charge in [0.05, 0.1) is 6.20 Å². The number of thioether (sulfide) groups is 1. The number of aromatic nitrogens is 2. The molecule has 1 fully saturated rings. The van der Waals surface area contributed by atoms with Gasteiger partial charge in [0.15, 0.2) is 5.96 Å². The number of rotatable bonds is 5. The first-order valence-electron chi connectivity index (χ1n) is 8.16. The summed E-state index contributed by atoms with van der Waals surface area (Å²) in [7, 11) is 1.88. The minimum Gasteiger partial charge on any atom is -0.356 e. The van der Waals surface area contributed by atoms with Crippen LogP contribution in [0.5, 0.6) is 0 Å². The second-order valence-corrected chi connectivity index (χ2v) is 7.55. The minimum absolute atomic E-state index is 0. The van der Waals surface area contributed by atoms with Crippen LogP contribution in [0.1, 0.15) is 25.8 Å². The fraction of sp³-hybridized carbons (Fsp3) is 0.750. The van der Waals surface area contributed by atoms with Crippen molar-refractivity contribution in [3.8, 4) is 0 Å². The first-order valence-corrected chi connectivity index (χ1v) is 9.21. The summed E-state index contributed by atoms with van der Waals surface area (Å²) < 4.78 is 2.01. The number of nitrogens with one attached hydrogen (secondary N) is 1. The molecular weight excluding hydrogens is 421 g/mol. The van der Waals surface area contributed by atoms with Gasteiger partial charge in [0.2, 0.25) is 0 Å². The molecule has 1 saturated heterocycles. The van der Waals surface area contributed by atoms with Crippen molar-refractivity contribution in [1.82, 2.24) is 20.0 Å². The van der Waals surface area contributed by atoms with Crippen LogP contribution in [0.15, 0.2) is 17.4 Å². The molecule has 132 valence electrons. The van der Waals surface area contributed by atoms with Gasteiger partial charge in [0.1, 0.15) is 0 Å². The summed E-state index contributed by atoms with van der Waals surface area (Å²) in [5, 5.41) is 8.53. The van der Waals surface area contributed by atoms with Gasteiger partial charge in [-0.05, 0) is 24.8 Å². The van der Waals surface area contributed by atoms with Crippen molar-refractivity contribution in [3.63, 3.8) is 0 Å². The molecule has 0 saturated carbocycles. The Morgan fingerprint density at radius 3 is 2.91 bits per heavy atom. The lowest BCUT2D eigenvalue weighted by atomic mass is 10.1. The third kappa shape index (κ3) is 6.52. The zero-order valence-corrected chi connectivity index (χ0v) is 17.8. The van der Waals surface area contributed by atoms with Crippen LogP contribution in [-0.2, 0) is 6.54 Å². The quantitative estimate of drug-likeness (QED) is 0.324. The molecule has 1 aromatic heterocycles. The SMILES string of the molecule is CN=C(NCCCn1cc(C)cn1)N1CCSC(C(C)C)C1.I. The fourth-order valence-corrected chi connectivity index (χ4v) is 3.93. The molecule has 0 bridgehead atoms. The molecule has 1 aliphatic rings. The Kier molecular flexibility index (Phi) is 9.34. The van der Waals surface area contributed by atoms with Crippen molar-refractivity contribution in [2.75, 3.05) is 32.4 Å². The largest absolute Gasteiger partial charge is 0.356 e. The fourth-order valence-electron chi connectivity index (χ4n) is 2.63. The summed E-state index contributed by atoms with van der Waals surface area (Å²) in [6.07, 6.45) is 5.05. The molecule has 1 N–H and O–H groups in total. The highest BCUT2D eigenvalue weighted by Gasteiger charge is 2.24. The van der Waals surface area contributed by atoms with Gasteiger partial charge in [-0.2, -0.15) is 16.9 Å². The highest BCUT2D eigenvalue weighted by atomic mass is 127. The van der Waals surface area contributed by atoms with Crippen LogP contribution in [0.4, 0.5) is 0 Å². The van der Waals surface area contributed by atoms with Gasteiger partial charge in [-0.25, -0.2) is 0 Å². The maximum absolute atomic E-state index is 4.45. The van der Waals surface area contributed by atoms with Gasteiger partial charge in [-0.15, -0.1) is 24.0 Å². The molecule has 1 aromatic rings. The first kappa shape index (κ1) is 20.6. The van der Waals surface area contributed by atoms with E-state index in [-0.39, 0.29) is 24.0 Å². The maximum Gasteiger partial charge on any atom is 0.193 e. The Hall–Kier alpha value is -0.440. The van der Waals surface area contributed by atoms with Gasteiger partial charge in [-0.3, -0.25) is 9.67 Å². The number of nitrogens with zero attached hydrogens (tertiary/aromatic N) is 4. The molecule has 1 unspecified atom stereocenters. The van der Waals surface area contributed by atoms with E-state index in [1.807, 2.05) is 17.9 Å². The van der Waals surface area contributed by atoms with Crippen LogP contribution < -0.4 is 5.32 Å². The molecule has 0 amide bonds. The third-order valence-electron chi connectivity index (χ3n) is 3.96. The average Bonchev–Trinajstić information content (AvgIpc) is 2.93. The van der Waals surface area contributed by atoms with Crippen molar-refractivity contribution in [1.29, 1.82) is 0 Å². The molecule has 0 radical (unpaired) electrons. The smallest absolute Gasteiger partial charge is 0.193 e. The number of aryl methyl sites for hydroxylation is 2. The molecule has 1 atom stereocenters. The molecule has 5 nitrogen and oxygen atoms in total.